The highest BCUT2D eigenvalue weighted by Gasteiger charge is 2.17. The van der Waals surface area contributed by atoms with Crippen molar-refractivity contribution in [3.63, 3.8) is 0 Å². The molecule has 0 fully saturated rings. The molecule has 0 saturated heterocycles. The van der Waals surface area contributed by atoms with E-state index < -0.39 is 0 Å². The summed E-state index contributed by atoms with van der Waals surface area (Å²) in [6.07, 6.45) is 0.613. The molecule has 0 spiro atoms. The number of hydrogen-bond donors (Lipinski definition) is 1. The Balaban J connectivity index is 1.31. The van der Waals surface area contributed by atoms with Crippen molar-refractivity contribution in [2.24, 2.45) is 0 Å². The van der Waals surface area contributed by atoms with Crippen LogP contribution in [0.15, 0.2) is 47.0 Å². The number of ether oxygens (including phenoxy) is 3. The van der Waals surface area contributed by atoms with Gasteiger partial charge in [0.2, 0.25) is 24.4 Å². The maximum atomic E-state index is 12.3. The molecule has 2 heterocycles. The Morgan fingerprint density at radius 1 is 1.17 bits per heavy atom. The lowest BCUT2D eigenvalue weighted by Gasteiger charge is -2.14. The average Bonchev–Trinajstić information content (AvgIpc) is 3.41. The summed E-state index contributed by atoms with van der Waals surface area (Å²) in [6, 6.07) is 12.9. The lowest BCUT2D eigenvalue weighted by Crippen LogP contribution is -2.26. The maximum Gasteiger partial charge on any atom is 0.231 e. The van der Waals surface area contributed by atoms with E-state index in [1.54, 1.807) is 7.11 Å². The summed E-state index contributed by atoms with van der Waals surface area (Å²) in [5.74, 6) is 2.97. The summed E-state index contributed by atoms with van der Waals surface area (Å²) in [4.78, 5) is 16.7. The summed E-state index contributed by atoms with van der Waals surface area (Å²) < 4.78 is 21.1. The lowest BCUT2D eigenvalue weighted by molar-refractivity contribution is -0.121. The smallest absolute Gasteiger partial charge is 0.231 e. The number of aromatic nitrogens is 2. The van der Waals surface area contributed by atoms with E-state index in [4.69, 9.17) is 18.7 Å². The second-order valence-corrected chi connectivity index (χ2v) is 6.64. The van der Waals surface area contributed by atoms with Gasteiger partial charge in [-0.2, -0.15) is 4.98 Å². The fraction of sp³-hybridized carbons (Fsp3) is 0.286. The van der Waals surface area contributed by atoms with E-state index in [9.17, 15) is 4.79 Å². The van der Waals surface area contributed by atoms with Crippen LogP contribution in [0.4, 0.5) is 0 Å². The molecule has 29 heavy (non-hydrogen) atoms. The van der Waals surface area contributed by atoms with E-state index in [0.29, 0.717) is 23.9 Å². The number of rotatable bonds is 7. The highest BCUT2D eigenvalue weighted by molar-refractivity contribution is 5.76. The van der Waals surface area contributed by atoms with E-state index in [1.807, 2.05) is 49.4 Å². The summed E-state index contributed by atoms with van der Waals surface area (Å²) in [5.41, 5.74) is 1.77. The normalized spacial score (nSPS) is 13.2. The van der Waals surface area contributed by atoms with E-state index in [2.05, 4.69) is 15.5 Å². The van der Waals surface area contributed by atoms with E-state index in [1.165, 1.54) is 0 Å². The van der Waals surface area contributed by atoms with Crippen LogP contribution < -0.4 is 19.5 Å². The molecule has 2 aromatic carbocycles. The van der Waals surface area contributed by atoms with Gasteiger partial charge < -0.3 is 24.1 Å². The summed E-state index contributed by atoms with van der Waals surface area (Å²) >= 11 is 0. The van der Waals surface area contributed by atoms with Gasteiger partial charge in [-0.3, -0.25) is 4.79 Å². The standard InChI is InChI=1S/C21H21N3O5/c1-13(15-5-8-17-18(11-15)28-12-27-17)22-19(25)9-10-20-23-21(24-29-20)14-3-6-16(26-2)7-4-14/h3-8,11,13H,9-10,12H2,1-2H3,(H,22,25)/t13-/m1/s1. The molecule has 0 aliphatic carbocycles. The first-order valence-corrected chi connectivity index (χ1v) is 9.28. The van der Waals surface area contributed by atoms with Crippen LogP contribution in [0, 0.1) is 0 Å². The van der Waals surface area contributed by atoms with Crippen molar-refractivity contribution in [3.8, 4) is 28.6 Å². The van der Waals surface area contributed by atoms with Crippen molar-refractivity contribution >= 4 is 5.91 Å². The topological polar surface area (TPSA) is 95.7 Å². The fourth-order valence-electron chi connectivity index (χ4n) is 3.01. The summed E-state index contributed by atoms with van der Waals surface area (Å²) in [6.45, 7) is 2.14. The number of nitrogens with zero attached hydrogens (tertiary/aromatic N) is 2. The minimum absolute atomic E-state index is 0.0978. The van der Waals surface area contributed by atoms with Gasteiger partial charge in [-0.15, -0.1) is 0 Å². The largest absolute Gasteiger partial charge is 0.497 e. The minimum Gasteiger partial charge on any atom is -0.497 e. The summed E-state index contributed by atoms with van der Waals surface area (Å²) in [7, 11) is 1.61. The Labute approximate surface area is 167 Å². The number of methoxy groups -OCH3 is 1. The van der Waals surface area contributed by atoms with Crippen LogP contribution >= 0.6 is 0 Å². The van der Waals surface area contributed by atoms with Crippen molar-refractivity contribution in [2.45, 2.75) is 25.8 Å². The first-order valence-electron chi connectivity index (χ1n) is 9.28. The van der Waals surface area contributed by atoms with Gasteiger partial charge in [-0.25, -0.2) is 0 Å². The molecular formula is C21H21N3O5. The molecule has 0 bridgehead atoms. The van der Waals surface area contributed by atoms with Gasteiger partial charge in [0.15, 0.2) is 11.5 Å². The predicted octanol–water partition coefficient (Wildman–Crippen LogP) is 3.28. The second kappa shape index (κ2) is 8.22. The molecule has 0 unspecified atom stereocenters. The van der Waals surface area contributed by atoms with Crippen LogP contribution in [0.25, 0.3) is 11.4 Å². The van der Waals surface area contributed by atoms with Gasteiger partial charge in [-0.05, 0) is 48.9 Å². The average molecular weight is 395 g/mol. The summed E-state index contributed by atoms with van der Waals surface area (Å²) in [5, 5.41) is 6.95. The third kappa shape index (κ3) is 4.31. The Hall–Kier alpha value is -3.55. The van der Waals surface area contributed by atoms with Crippen LogP contribution in [0.1, 0.15) is 30.8 Å². The molecule has 1 aliphatic rings. The third-order valence-electron chi connectivity index (χ3n) is 4.66. The number of carbonyl (C=O) groups is 1. The van der Waals surface area contributed by atoms with Gasteiger partial charge in [0.05, 0.1) is 13.2 Å². The Morgan fingerprint density at radius 2 is 1.97 bits per heavy atom. The van der Waals surface area contributed by atoms with Gasteiger partial charge in [0.25, 0.3) is 0 Å². The molecule has 0 saturated carbocycles. The first kappa shape index (κ1) is 18.8. The quantitative estimate of drug-likeness (QED) is 0.656. The van der Waals surface area contributed by atoms with Gasteiger partial charge in [-0.1, -0.05) is 11.2 Å². The molecule has 1 aliphatic heterocycles. The molecule has 1 aromatic heterocycles. The molecular weight excluding hydrogens is 374 g/mol. The Bertz CT molecular complexity index is 1000. The number of amides is 1. The number of benzene rings is 2. The fourth-order valence-corrected chi connectivity index (χ4v) is 3.01. The number of aryl methyl sites for hydroxylation is 1. The zero-order valence-corrected chi connectivity index (χ0v) is 16.2. The van der Waals surface area contributed by atoms with Crippen LogP contribution in [0.3, 0.4) is 0 Å². The molecule has 0 radical (unpaired) electrons. The van der Waals surface area contributed by atoms with E-state index in [-0.39, 0.29) is 25.2 Å². The third-order valence-corrected chi connectivity index (χ3v) is 4.66. The SMILES string of the molecule is COc1ccc(-c2noc(CCC(=O)N[C@H](C)c3ccc4c(c3)OCO4)n2)cc1. The zero-order valence-electron chi connectivity index (χ0n) is 16.2. The van der Waals surface area contributed by atoms with Gasteiger partial charge in [0, 0.05) is 18.4 Å². The molecule has 150 valence electrons. The number of nitrogens with one attached hydrogen (secondary N) is 1. The predicted molar refractivity (Wildman–Crippen MR) is 104 cm³/mol. The highest BCUT2D eigenvalue weighted by atomic mass is 16.7. The number of hydrogen-bond acceptors (Lipinski definition) is 7. The minimum atomic E-state index is -0.158. The molecule has 1 amide bonds. The van der Waals surface area contributed by atoms with Crippen molar-refractivity contribution in [1.82, 2.24) is 15.5 Å². The second-order valence-electron chi connectivity index (χ2n) is 6.64. The highest BCUT2D eigenvalue weighted by Crippen LogP contribution is 2.34. The van der Waals surface area contributed by atoms with Crippen LogP contribution in [0.5, 0.6) is 17.2 Å². The van der Waals surface area contributed by atoms with Crippen LogP contribution in [-0.4, -0.2) is 30.0 Å². The molecule has 1 atom stereocenters. The zero-order chi connectivity index (χ0) is 20.2. The Morgan fingerprint density at radius 3 is 2.76 bits per heavy atom. The lowest BCUT2D eigenvalue weighted by atomic mass is 10.1. The Kier molecular flexibility index (Phi) is 5.33. The van der Waals surface area contributed by atoms with Crippen molar-refractivity contribution in [1.29, 1.82) is 0 Å². The van der Waals surface area contributed by atoms with Crippen LogP contribution in [-0.2, 0) is 11.2 Å². The van der Waals surface area contributed by atoms with Crippen LogP contribution in [0.2, 0.25) is 0 Å². The van der Waals surface area contributed by atoms with Crippen molar-refractivity contribution in [3.05, 3.63) is 53.9 Å². The van der Waals surface area contributed by atoms with Gasteiger partial charge >= 0.3 is 0 Å². The van der Waals surface area contributed by atoms with E-state index >= 15 is 0 Å². The maximum absolute atomic E-state index is 12.3. The molecule has 8 heteroatoms. The molecule has 3 aromatic rings. The van der Waals surface area contributed by atoms with E-state index in [0.717, 1.165) is 22.6 Å². The number of fused-ring (bicyclic) bond motifs is 1. The molecule has 8 nitrogen and oxygen atoms in total. The van der Waals surface area contributed by atoms with Crippen molar-refractivity contribution < 1.29 is 23.5 Å². The first-order chi connectivity index (χ1) is 14.1. The van der Waals surface area contributed by atoms with Crippen molar-refractivity contribution in [2.75, 3.05) is 13.9 Å². The molecule has 4 rings (SSSR count). The molecule has 1 N–H and O–H groups in total. The monoisotopic (exact) mass is 395 g/mol. The van der Waals surface area contributed by atoms with Gasteiger partial charge in [0.1, 0.15) is 5.75 Å². The number of carbonyl (C=O) groups excluding carboxylic acids is 1.